The summed E-state index contributed by atoms with van der Waals surface area (Å²) in [5.74, 6) is -1.97. The van der Waals surface area contributed by atoms with Gasteiger partial charge in [0.25, 0.3) is 11.8 Å². The Morgan fingerprint density at radius 1 is 0.967 bits per heavy atom. The number of halogens is 1. The third-order valence-electron chi connectivity index (χ3n) is 3.99. The number of hydrogen-bond donors (Lipinski definition) is 4. The average Bonchev–Trinajstić information content (AvgIpc) is 3.14. The van der Waals surface area contributed by atoms with Crippen LogP contribution in [0.15, 0.2) is 60.8 Å². The minimum atomic E-state index is -0.790. The van der Waals surface area contributed by atoms with Crippen LogP contribution in [0.1, 0.15) is 27.3 Å². The first-order valence-electron chi connectivity index (χ1n) is 8.91. The molecule has 0 bridgehead atoms. The maximum Gasteiger partial charge on any atom is 0.294 e. The average molecular weight is 428 g/mol. The van der Waals surface area contributed by atoms with Gasteiger partial charge in [-0.05, 0) is 36.4 Å². The van der Waals surface area contributed by atoms with Crippen LogP contribution in [0.5, 0.6) is 5.75 Å². The van der Waals surface area contributed by atoms with Crippen molar-refractivity contribution in [2.24, 2.45) is 0 Å². The zero-order valence-electron chi connectivity index (χ0n) is 15.6. The van der Waals surface area contributed by atoms with Crippen LogP contribution in [0.2, 0.25) is 5.02 Å². The van der Waals surface area contributed by atoms with Gasteiger partial charge < -0.3 is 10.4 Å². The quantitative estimate of drug-likeness (QED) is 0.446. The molecule has 0 aliphatic carbocycles. The number of nitrogens with zero attached hydrogens (tertiary/aromatic N) is 2. The van der Waals surface area contributed by atoms with E-state index in [1.54, 1.807) is 54.6 Å². The van der Waals surface area contributed by atoms with Crippen LogP contribution >= 0.6 is 11.6 Å². The Labute approximate surface area is 176 Å². The first-order valence-corrected chi connectivity index (χ1v) is 9.29. The lowest BCUT2D eigenvalue weighted by Gasteiger charge is -2.07. The van der Waals surface area contributed by atoms with E-state index in [-0.39, 0.29) is 30.3 Å². The van der Waals surface area contributed by atoms with E-state index in [1.807, 2.05) is 0 Å². The molecule has 3 rings (SSSR count). The molecule has 0 saturated heterocycles. The first kappa shape index (κ1) is 20.9. The molecule has 1 aromatic heterocycles. The summed E-state index contributed by atoms with van der Waals surface area (Å²) in [5, 5.41) is 17.1. The normalized spacial score (nSPS) is 10.3. The van der Waals surface area contributed by atoms with Gasteiger partial charge in [-0.25, -0.2) is 4.68 Å². The molecule has 3 amide bonds. The number of benzene rings is 2. The number of aromatic nitrogens is 2. The van der Waals surface area contributed by atoms with Crippen molar-refractivity contribution in [3.63, 3.8) is 0 Å². The topological polar surface area (TPSA) is 125 Å². The highest BCUT2D eigenvalue weighted by Gasteiger charge is 2.18. The monoisotopic (exact) mass is 427 g/mol. The lowest BCUT2D eigenvalue weighted by atomic mass is 10.2. The Hall–Kier alpha value is -3.85. The van der Waals surface area contributed by atoms with Gasteiger partial charge in [0.2, 0.25) is 5.91 Å². The minimum Gasteiger partial charge on any atom is -0.504 e. The fourth-order valence-corrected chi connectivity index (χ4v) is 2.61. The number of carbonyl (C=O) groups is 3. The van der Waals surface area contributed by atoms with Crippen LogP contribution in [-0.2, 0) is 4.79 Å². The van der Waals surface area contributed by atoms with Gasteiger partial charge in [-0.15, -0.1) is 0 Å². The molecule has 0 unspecified atom stereocenters. The van der Waals surface area contributed by atoms with E-state index in [9.17, 15) is 19.5 Å². The Kier molecular flexibility index (Phi) is 6.66. The van der Waals surface area contributed by atoms with E-state index in [1.165, 1.54) is 10.9 Å². The summed E-state index contributed by atoms with van der Waals surface area (Å²) in [5.41, 5.74) is 5.20. The van der Waals surface area contributed by atoms with Crippen LogP contribution in [0, 0.1) is 0 Å². The van der Waals surface area contributed by atoms with E-state index in [4.69, 9.17) is 11.6 Å². The number of rotatable bonds is 6. The van der Waals surface area contributed by atoms with Crippen LogP contribution in [0.4, 0.5) is 0 Å². The molecule has 30 heavy (non-hydrogen) atoms. The molecule has 1 heterocycles. The third-order valence-corrected chi connectivity index (χ3v) is 4.24. The largest absolute Gasteiger partial charge is 0.504 e. The van der Waals surface area contributed by atoms with E-state index < -0.39 is 11.8 Å². The van der Waals surface area contributed by atoms with Gasteiger partial charge in [0, 0.05) is 23.6 Å². The van der Waals surface area contributed by atoms with Crippen LogP contribution in [-0.4, -0.2) is 39.2 Å². The van der Waals surface area contributed by atoms with Gasteiger partial charge in [-0.1, -0.05) is 29.8 Å². The second kappa shape index (κ2) is 9.57. The number of aromatic hydroxyl groups is 1. The molecule has 0 spiro atoms. The molecule has 2 aromatic carbocycles. The highest BCUT2D eigenvalue weighted by molar-refractivity contribution is 6.30. The van der Waals surface area contributed by atoms with Gasteiger partial charge >= 0.3 is 0 Å². The highest BCUT2D eigenvalue weighted by atomic mass is 35.5. The molecule has 0 aliphatic heterocycles. The smallest absolute Gasteiger partial charge is 0.294 e. The summed E-state index contributed by atoms with van der Waals surface area (Å²) in [4.78, 5) is 35.9. The third kappa shape index (κ3) is 5.36. The molecule has 9 nitrogen and oxygen atoms in total. The van der Waals surface area contributed by atoms with Crippen LogP contribution in [0.3, 0.4) is 0 Å². The fourth-order valence-electron chi connectivity index (χ4n) is 2.48. The van der Waals surface area contributed by atoms with Gasteiger partial charge in [0.15, 0.2) is 11.4 Å². The van der Waals surface area contributed by atoms with Crippen molar-refractivity contribution >= 4 is 29.3 Å². The molecule has 0 aliphatic rings. The lowest BCUT2D eigenvalue weighted by molar-refractivity contribution is -0.121. The zero-order chi connectivity index (χ0) is 21.5. The van der Waals surface area contributed by atoms with Crippen molar-refractivity contribution < 1.29 is 19.5 Å². The van der Waals surface area contributed by atoms with Crippen molar-refractivity contribution in [2.45, 2.75) is 6.42 Å². The molecule has 0 fully saturated rings. The van der Waals surface area contributed by atoms with E-state index >= 15 is 0 Å². The SMILES string of the molecule is O=C(CCNC(=O)c1ccccc1)NNC(=O)c1nn(-c2ccc(Cl)cc2)cc1O. The van der Waals surface area contributed by atoms with Crippen molar-refractivity contribution in [2.75, 3.05) is 6.54 Å². The number of hydrazine groups is 1. The Bertz CT molecular complexity index is 1050. The minimum absolute atomic E-state index is 0.0515. The van der Waals surface area contributed by atoms with Crippen molar-refractivity contribution in [3.05, 3.63) is 77.1 Å². The predicted molar refractivity (Wildman–Crippen MR) is 109 cm³/mol. The number of carbonyl (C=O) groups excluding carboxylic acids is 3. The van der Waals surface area contributed by atoms with Crippen molar-refractivity contribution in [1.82, 2.24) is 25.9 Å². The molecule has 10 heteroatoms. The maximum absolute atomic E-state index is 12.2. The fraction of sp³-hybridized carbons (Fsp3) is 0.100. The summed E-state index contributed by atoms with van der Waals surface area (Å²) in [6.45, 7) is 0.0892. The molecular weight excluding hydrogens is 410 g/mol. The molecule has 3 aromatic rings. The second-order valence-corrected chi connectivity index (χ2v) is 6.59. The molecule has 4 N–H and O–H groups in total. The summed E-state index contributed by atoms with van der Waals surface area (Å²) in [7, 11) is 0. The lowest BCUT2D eigenvalue weighted by Crippen LogP contribution is -2.43. The van der Waals surface area contributed by atoms with Crippen molar-refractivity contribution in [3.8, 4) is 11.4 Å². The summed E-state index contributed by atoms with van der Waals surface area (Å²) >= 11 is 5.84. The highest BCUT2D eigenvalue weighted by Crippen LogP contribution is 2.19. The molecule has 0 atom stereocenters. The summed E-state index contributed by atoms with van der Waals surface area (Å²) in [6.07, 6.45) is 1.21. The first-order chi connectivity index (χ1) is 14.4. The van der Waals surface area contributed by atoms with E-state index in [0.29, 0.717) is 16.3 Å². The number of nitrogens with one attached hydrogen (secondary N) is 3. The molecule has 0 saturated carbocycles. The molecular formula is C20H18ClN5O4. The predicted octanol–water partition coefficient (Wildman–Crippen LogP) is 1.81. The van der Waals surface area contributed by atoms with Gasteiger partial charge in [-0.2, -0.15) is 5.10 Å². The van der Waals surface area contributed by atoms with Crippen molar-refractivity contribution in [1.29, 1.82) is 0 Å². The van der Waals surface area contributed by atoms with Crippen LogP contribution in [0.25, 0.3) is 5.69 Å². The van der Waals surface area contributed by atoms with E-state index in [0.717, 1.165) is 0 Å². The summed E-state index contributed by atoms with van der Waals surface area (Å²) < 4.78 is 1.31. The van der Waals surface area contributed by atoms with Gasteiger partial charge in [0.1, 0.15) is 0 Å². The Balaban J connectivity index is 1.47. The standard InChI is InChI=1S/C20H18ClN5O4/c21-14-6-8-15(9-7-14)26-12-16(27)18(25-26)20(30)24-23-17(28)10-11-22-19(29)13-4-2-1-3-5-13/h1-9,12,27H,10-11H2,(H,22,29)(H,23,28)(H,24,30). The molecule has 154 valence electrons. The zero-order valence-corrected chi connectivity index (χ0v) is 16.4. The van der Waals surface area contributed by atoms with Crippen LogP contribution < -0.4 is 16.2 Å². The maximum atomic E-state index is 12.2. The Morgan fingerprint density at radius 2 is 1.67 bits per heavy atom. The number of amides is 3. The number of hydrogen-bond acceptors (Lipinski definition) is 5. The summed E-state index contributed by atoms with van der Waals surface area (Å²) in [6, 6.07) is 15.2. The molecule has 0 radical (unpaired) electrons. The van der Waals surface area contributed by atoms with Gasteiger partial charge in [-0.3, -0.25) is 25.2 Å². The van der Waals surface area contributed by atoms with E-state index in [2.05, 4.69) is 21.3 Å². The second-order valence-electron chi connectivity index (χ2n) is 6.16. The Morgan fingerprint density at radius 3 is 2.37 bits per heavy atom. The van der Waals surface area contributed by atoms with Gasteiger partial charge in [0.05, 0.1) is 11.9 Å².